The van der Waals surface area contributed by atoms with Crippen molar-refractivity contribution in [1.82, 2.24) is 4.90 Å². The number of hydrogen-bond acceptors (Lipinski definition) is 7. The number of nitrogens with zero attached hydrogens (tertiary/aromatic N) is 3. The van der Waals surface area contributed by atoms with Gasteiger partial charge in [-0.05, 0) is 37.1 Å². The fourth-order valence-corrected chi connectivity index (χ4v) is 5.42. The summed E-state index contributed by atoms with van der Waals surface area (Å²) in [5.41, 5.74) is -0.320. The Morgan fingerprint density at radius 1 is 1.14 bits per heavy atom. The van der Waals surface area contributed by atoms with Crippen molar-refractivity contribution in [2.24, 2.45) is 0 Å². The van der Waals surface area contributed by atoms with Gasteiger partial charge in [0.1, 0.15) is 0 Å². The summed E-state index contributed by atoms with van der Waals surface area (Å²) >= 11 is 1.28. The summed E-state index contributed by atoms with van der Waals surface area (Å²) in [5, 5.41) is 11.5. The van der Waals surface area contributed by atoms with Gasteiger partial charge in [-0.15, -0.1) is 11.8 Å². The zero-order valence-electron chi connectivity index (χ0n) is 18.7. The van der Waals surface area contributed by atoms with Crippen LogP contribution in [0.3, 0.4) is 0 Å². The first-order valence-electron chi connectivity index (χ1n) is 11.3. The van der Waals surface area contributed by atoms with Crippen molar-refractivity contribution in [3.05, 3.63) is 54.1 Å². The molecule has 9 nitrogen and oxygen atoms in total. The van der Waals surface area contributed by atoms with E-state index in [9.17, 15) is 19.2 Å². The van der Waals surface area contributed by atoms with Crippen molar-refractivity contribution in [2.75, 3.05) is 22.6 Å². The molecule has 1 aliphatic carbocycles. The zero-order chi connectivity index (χ0) is 24.6. The van der Waals surface area contributed by atoms with E-state index in [4.69, 9.17) is 10.00 Å². The first kappa shape index (κ1) is 22.9. The number of esters is 1. The second kappa shape index (κ2) is 9.07. The van der Waals surface area contributed by atoms with Crippen molar-refractivity contribution in [2.45, 2.75) is 42.3 Å². The van der Waals surface area contributed by atoms with Gasteiger partial charge < -0.3 is 15.0 Å². The summed E-state index contributed by atoms with van der Waals surface area (Å²) in [5.74, 6) is -1.70. The number of ether oxygens (including phenoxy) is 1. The molecule has 2 heterocycles. The third-order valence-electron chi connectivity index (χ3n) is 6.33. The molecule has 178 valence electrons. The molecule has 1 saturated carbocycles. The van der Waals surface area contributed by atoms with Gasteiger partial charge in [-0.3, -0.25) is 19.3 Å². The van der Waals surface area contributed by atoms with Crippen molar-refractivity contribution >= 4 is 46.8 Å². The normalized spacial score (nSPS) is 20.7. The number of nitriles is 1. The Morgan fingerprint density at radius 3 is 2.66 bits per heavy atom. The van der Waals surface area contributed by atoms with E-state index in [1.807, 2.05) is 6.07 Å². The van der Waals surface area contributed by atoms with E-state index < -0.39 is 24.1 Å². The lowest BCUT2D eigenvalue weighted by atomic mass is 9.96. The molecule has 0 spiro atoms. The van der Waals surface area contributed by atoms with Gasteiger partial charge >= 0.3 is 5.97 Å². The topological polar surface area (TPSA) is 120 Å². The van der Waals surface area contributed by atoms with Crippen LogP contribution in [0, 0.1) is 11.3 Å². The van der Waals surface area contributed by atoms with Gasteiger partial charge in [-0.2, -0.15) is 5.26 Å². The number of hydrogen-bond donors (Lipinski definition) is 1. The van der Waals surface area contributed by atoms with Crippen molar-refractivity contribution < 1.29 is 23.9 Å². The Kier molecular flexibility index (Phi) is 5.94. The molecular weight excluding hydrogens is 468 g/mol. The minimum absolute atomic E-state index is 0.0929. The van der Waals surface area contributed by atoms with Crippen LogP contribution in [0.2, 0.25) is 0 Å². The minimum Gasteiger partial charge on any atom is -0.452 e. The molecule has 3 amide bonds. The molecule has 10 heteroatoms. The predicted octanol–water partition coefficient (Wildman–Crippen LogP) is 2.93. The Labute approximate surface area is 206 Å². The second-order valence-electron chi connectivity index (χ2n) is 8.54. The summed E-state index contributed by atoms with van der Waals surface area (Å²) in [4.78, 5) is 56.2. The molecule has 2 aromatic rings. The molecule has 1 saturated heterocycles. The molecule has 1 N–H and O–H groups in total. The minimum atomic E-state index is -1.59. The summed E-state index contributed by atoms with van der Waals surface area (Å²) in [7, 11) is 0. The summed E-state index contributed by atoms with van der Waals surface area (Å²) in [6.45, 7) is -0.575. The lowest BCUT2D eigenvalue weighted by Crippen LogP contribution is -2.69. The summed E-state index contributed by atoms with van der Waals surface area (Å²) in [6, 6.07) is 15.7. The Morgan fingerprint density at radius 2 is 1.89 bits per heavy atom. The molecule has 0 bridgehead atoms. The monoisotopic (exact) mass is 490 g/mol. The van der Waals surface area contributed by atoms with E-state index >= 15 is 0 Å². The first-order valence-corrected chi connectivity index (χ1v) is 12.3. The number of carbonyl (C=O) groups excluding carboxylic acids is 4. The molecule has 2 aromatic carbocycles. The van der Waals surface area contributed by atoms with E-state index in [0.29, 0.717) is 21.8 Å². The highest BCUT2D eigenvalue weighted by molar-refractivity contribution is 7.99. The Bertz CT molecular complexity index is 1270. The van der Waals surface area contributed by atoms with Gasteiger partial charge in [-0.25, -0.2) is 4.79 Å². The van der Waals surface area contributed by atoms with Gasteiger partial charge in [0, 0.05) is 23.8 Å². The number of anilines is 2. The first-order chi connectivity index (χ1) is 17.0. The van der Waals surface area contributed by atoms with E-state index in [1.165, 1.54) is 21.6 Å². The maximum absolute atomic E-state index is 13.6. The molecule has 2 fully saturated rings. The third kappa shape index (κ3) is 3.91. The van der Waals surface area contributed by atoms with Crippen LogP contribution in [0.25, 0.3) is 0 Å². The molecule has 1 atom stereocenters. The van der Waals surface area contributed by atoms with Crippen LogP contribution in [-0.4, -0.2) is 52.7 Å². The lowest BCUT2D eigenvalue weighted by Gasteiger charge is -2.48. The van der Waals surface area contributed by atoms with E-state index in [-0.39, 0.29) is 36.5 Å². The quantitative estimate of drug-likeness (QED) is 0.468. The van der Waals surface area contributed by atoms with Crippen LogP contribution >= 0.6 is 11.8 Å². The number of benzene rings is 2. The molecule has 0 radical (unpaired) electrons. The molecule has 3 aliphatic rings. The number of fused-ring (bicyclic) bond motifs is 3. The van der Waals surface area contributed by atoms with Crippen LogP contribution in [0.5, 0.6) is 0 Å². The van der Waals surface area contributed by atoms with E-state index in [0.717, 1.165) is 12.8 Å². The van der Waals surface area contributed by atoms with Crippen LogP contribution in [0.15, 0.2) is 53.4 Å². The van der Waals surface area contributed by atoms with E-state index in [2.05, 4.69) is 5.32 Å². The smallest absolute Gasteiger partial charge is 0.354 e. The third-order valence-corrected chi connectivity index (χ3v) is 7.27. The maximum atomic E-state index is 13.6. The van der Waals surface area contributed by atoms with Gasteiger partial charge in [-0.1, -0.05) is 24.3 Å². The fourth-order valence-electron chi connectivity index (χ4n) is 4.75. The highest BCUT2D eigenvalue weighted by Gasteiger charge is 2.64. The number of carbonyl (C=O) groups is 4. The standard InChI is InChI=1S/C25H22N4O5S/c26-13-14-35-20-8-4-2-6-18(20)27-21(30)15-34-24(33)25-12-11-22(31)29(25)19-7-3-1-5-17(19)23(32)28(25)16-9-10-16/h1-8,16H,9-12,14-15H2,(H,27,30)/t25-/m1/s1. The summed E-state index contributed by atoms with van der Waals surface area (Å²) < 4.78 is 5.46. The van der Waals surface area contributed by atoms with Gasteiger partial charge in [0.15, 0.2) is 6.61 Å². The molecule has 35 heavy (non-hydrogen) atoms. The second-order valence-corrected chi connectivity index (χ2v) is 9.55. The Hall–Kier alpha value is -3.84. The van der Waals surface area contributed by atoms with Crippen LogP contribution < -0.4 is 10.2 Å². The molecule has 2 aliphatic heterocycles. The molecule has 5 rings (SSSR count). The number of rotatable bonds is 7. The number of thioether (sulfide) groups is 1. The number of para-hydroxylation sites is 2. The predicted molar refractivity (Wildman–Crippen MR) is 127 cm³/mol. The van der Waals surface area contributed by atoms with Crippen molar-refractivity contribution in [1.29, 1.82) is 5.26 Å². The fraction of sp³-hybridized carbons (Fsp3) is 0.320. The molecule has 0 unspecified atom stereocenters. The van der Waals surface area contributed by atoms with Crippen LogP contribution in [0.1, 0.15) is 36.0 Å². The van der Waals surface area contributed by atoms with Crippen LogP contribution in [-0.2, 0) is 19.1 Å². The highest BCUT2D eigenvalue weighted by Crippen LogP contribution is 2.49. The molecular formula is C25H22N4O5S. The Balaban J connectivity index is 1.38. The number of amides is 3. The number of nitrogens with one attached hydrogen (secondary N) is 1. The van der Waals surface area contributed by atoms with Crippen molar-refractivity contribution in [3.8, 4) is 6.07 Å². The maximum Gasteiger partial charge on any atom is 0.354 e. The van der Waals surface area contributed by atoms with Gasteiger partial charge in [0.2, 0.25) is 11.6 Å². The molecule has 0 aromatic heterocycles. The zero-order valence-corrected chi connectivity index (χ0v) is 19.5. The highest BCUT2D eigenvalue weighted by atomic mass is 32.2. The average molecular weight is 491 g/mol. The van der Waals surface area contributed by atoms with Gasteiger partial charge in [0.05, 0.1) is 28.8 Å². The van der Waals surface area contributed by atoms with Crippen molar-refractivity contribution in [3.63, 3.8) is 0 Å². The largest absolute Gasteiger partial charge is 0.452 e. The average Bonchev–Trinajstić information content (AvgIpc) is 3.64. The lowest BCUT2D eigenvalue weighted by molar-refractivity contribution is -0.159. The summed E-state index contributed by atoms with van der Waals surface area (Å²) in [6.07, 6.45) is 1.68. The SMILES string of the molecule is N#CCSc1ccccc1NC(=O)COC(=O)[C@@]12CCC(=O)N1c1ccccc1C(=O)N2C1CC1. The van der Waals surface area contributed by atoms with E-state index in [1.54, 1.807) is 48.5 Å². The van der Waals surface area contributed by atoms with Crippen LogP contribution in [0.4, 0.5) is 11.4 Å². The van der Waals surface area contributed by atoms with Gasteiger partial charge in [0.25, 0.3) is 11.8 Å².